The molecule has 0 saturated carbocycles. The van der Waals surface area contributed by atoms with Gasteiger partial charge in [0.1, 0.15) is 0 Å². The molecule has 2 aliphatic heterocycles. The number of aliphatic hydroxyl groups is 1. The van der Waals surface area contributed by atoms with Crippen molar-refractivity contribution in [3.63, 3.8) is 0 Å². The second-order valence-electron chi connectivity index (χ2n) is 5.77. The fraction of sp³-hybridized carbons (Fsp3) is 1.00. The quantitative estimate of drug-likeness (QED) is 0.724. The van der Waals surface area contributed by atoms with Gasteiger partial charge in [0.2, 0.25) is 0 Å². The maximum absolute atomic E-state index is 9.95. The fourth-order valence-corrected chi connectivity index (χ4v) is 2.88. The summed E-state index contributed by atoms with van der Waals surface area (Å²) in [5.74, 6) is 0. The Balaban J connectivity index is 1.91. The van der Waals surface area contributed by atoms with E-state index in [1.807, 2.05) is 6.92 Å². The Morgan fingerprint density at radius 2 is 2.00 bits per heavy atom. The van der Waals surface area contributed by atoms with Gasteiger partial charge in [-0.05, 0) is 38.1 Å². The smallest absolute Gasteiger partial charge is 0.0758 e. The highest BCUT2D eigenvalue weighted by molar-refractivity contribution is 4.92. The van der Waals surface area contributed by atoms with E-state index in [-0.39, 0.29) is 5.41 Å². The Morgan fingerprint density at radius 1 is 1.31 bits per heavy atom. The van der Waals surface area contributed by atoms with Crippen LogP contribution >= 0.6 is 0 Å². The zero-order valence-electron chi connectivity index (χ0n) is 10.2. The van der Waals surface area contributed by atoms with Crippen molar-refractivity contribution in [3.05, 3.63) is 0 Å². The number of likely N-dealkylation sites (tertiary alicyclic amines) is 1. The van der Waals surface area contributed by atoms with Gasteiger partial charge in [-0.1, -0.05) is 0 Å². The van der Waals surface area contributed by atoms with E-state index in [4.69, 9.17) is 10.5 Å². The molecule has 2 saturated heterocycles. The molecule has 2 fully saturated rings. The van der Waals surface area contributed by atoms with Gasteiger partial charge in [0.25, 0.3) is 0 Å². The van der Waals surface area contributed by atoms with Gasteiger partial charge in [-0.25, -0.2) is 0 Å². The van der Waals surface area contributed by atoms with Crippen LogP contribution in [0.4, 0.5) is 0 Å². The second-order valence-corrected chi connectivity index (χ2v) is 5.77. The summed E-state index contributed by atoms with van der Waals surface area (Å²) in [4.78, 5) is 2.36. The summed E-state index contributed by atoms with van der Waals surface area (Å²) < 4.78 is 5.41. The van der Waals surface area contributed by atoms with Crippen molar-refractivity contribution in [2.45, 2.75) is 31.8 Å². The molecular formula is C12H24N2O2. The van der Waals surface area contributed by atoms with E-state index in [2.05, 4.69) is 4.90 Å². The normalized spacial score (nSPS) is 35.4. The Bertz CT molecular complexity index is 237. The molecule has 0 radical (unpaired) electrons. The molecule has 0 aromatic carbocycles. The maximum atomic E-state index is 9.95. The lowest BCUT2D eigenvalue weighted by molar-refractivity contribution is -0.00221. The van der Waals surface area contributed by atoms with E-state index in [1.54, 1.807) is 0 Å². The van der Waals surface area contributed by atoms with E-state index < -0.39 is 5.60 Å². The van der Waals surface area contributed by atoms with Gasteiger partial charge in [-0.2, -0.15) is 0 Å². The zero-order valence-corrected chi connectivity index (χ0v) is 10.2. The lowest BCUT2D eigenvalue weighted by Gasteiger charge is -2.39. The molecule has 0 bridgehead atoms. The van der Waals surface area contributed by atoms with Gasteiger partial charge in [0, 0.05) is 32.8 Å². The summed E-state index contributed by atoms with van der Waals surface area (Å²) in [6.45, 7) is 7.12. The molecule has 0 aromatic heterocycles. The lowest BCUT2D eigenvalue weighted by atomic mass is 9.80. The number of nitrogens with zero attached hydrogens (tertiary/aromatic N) is 1. The SMILES string of the molecule is CC1(O)CCN(CC2(CN)CCOCC2)C1. The first-order valence-corrected chi connectivity index (χ1v) is 6.28. The standard InChI is InChI=1S/C12H24N2O2/c1-11(15)2-5-14(9-11)10-12(8-13)3-6-16-7-4-12/h15H,2-10,13H2,1H3. The largest absolute Gasteiger partial charge is 0.389 e. The molecule has 94 valence electrons. The van der Waals surface area contributed by atoms with Crippen LogP contribution in [-0.2, 0) is 4.74 Å². The molecule has 0 spiro atoms. The van der Waals surface area contributed by atoms with Gasteiger partial charge < -0.3 is 15.6 Å². The number of hydrogen-bond acceptors (Lipinski definition) is 4. The summed E-state index contributed by atoms with van der Waals surface area (Å²) in [6, 6.07) is 0. The third kappa shape index (κ3) is 2.74. The van der Waals surface area contributed by atoms with E-state index in [0.717, 1.165) is 58.7 Å². The Labute approximate surface area is 97.7 Å². The highest BCUT2D eigenvalue weighted by Gasteiger charge is 2.38. The van der Waals surface area contributed by atoms with Crippen molar-refractivity contribution in [1.82, 2.24) is 4.90 Å². The Kier molecular flexibility index (Phi) is 3.54. The molecule has 0 aromatic rings. The van der Waals surface area contributed by atoms with Crippen LogP contribution < -0.4 is 5.73 Å². The predicted octanol–water partition coefficient (Wildman–Crippen LogP) is 0.199. The van der Waals surface area contributed by atoms with Gasteiger partial charge in [-0.15, -0.1) is 0 Å². The molecule has 1 unspecified atom stereocenters. The van der Waals surface area contributed by atoms with Crippen LogP contribution in [0.15, 0.2) is 0 Å². The molecule has 3 N–H and O–H groups in total. The van der Waals surface area contributed by atoms with Crippen LogP contribution in [0.25, 0.3) is 0 Å². The number of β-amino-alcohol motifs (C(OH)–C–C–N with tert-alkyl or cyclic N) is 1. The van der Waals surface area contributed by atoms with Crippen molar-refractivity contribution in [2.24, 2.45) is 11.1 Å². The molecule has 1 atom stereocenters. The van der Waals surface area contributed by atoms with Crippen LogP contribution in [0.3, 0.4) is 0 Å². The predicted molar refractivity (Wildman–Crippen MR) is 63.2 cm³/mol. The monoisotopic (exact) mass is 228 g/mol. The first kappa shape index (κ1) is 12.3. The van der Waals surface area contributed by atoms with E-state index in [0.29, 0.717) is 0 Å². The summed E-state index contributed by atoms with van der Waals surface area (Å²) >= 11 is 0. The Morgan fingerprint density at radius 3 is 2.50 bits per heavy atom. The topological polar surface area (TPSA) is 58.7 Å². The highest BCUT2D eigenvalue weighted by atomic mass is 16.5. The minimum atomic E-state index is -0.499. The van der Waals surface area contributed by atoms with Crippen LogP contribution in [0.2, 0.25) is 0 Å². The molecule has 4 nitrogen and oxygen atoms in total. The molecule has 2 rings (SSSR count). The van der Waals surface area contributed by atoms with Gasteiger partial charge in [-0.3, -0.25) is 4.90 Å². The van der Waals surface area contributed by atoms with Crippen molar-refractivity contribution < 1.29 is 9.84 Å². The molecule has 2 aliphatic rings. The second kappa shape index (κ2) is 4.61. The highest BCUT2D eigenvalue weighted by Crippen LogP contribution is 2.32. The fourth-order valence-electron chi connectivity index (χ4n) is 2.88. The maximum Gasteiger partial charge on any atom is 0.0758 e. The third-order valence-corrected chi connectivity index (χ3v) is 4.08. The number of ether oxygens (including phenoxy) is 1. The van der Waals surface area contributed by atoms with Crippen molar-refractivity contribution in [1.29, 1.82) is 0 Å². The summed E-state index contributed by atoms with van der Waals surface area (Å²) in [7, 11) is 0. The average molecular weight is 228 g/mol. The number of rotatable bonds is 3. The van der Waals surface area contributed by atoms with Crippen LogP contribution in [0.1, 0.15) is 26.2 Å². The van der Waals surface area contributed by atoms with Crippen LogP contribution in [0.5, 0.6) is 0 Å². The first-order chi connectivity index (χ1) is 7.55. The Hall–Kier alpha value is -0.160. The van der Waals surface area contributed by atoms with Crippen LogP contribution in [-0.4, -0.2) is 55.0 Å². The molecule has 2 heterocycles. The third-order valence-electron chi connectivity index (χ3n) is 4.08. The van der Waals surface area contributed by atoms with Crippen LogP contribution in [0, 0.1) is 5.41 Å². The van der Waals surface area contributed by atoms with Crippen molar-refractivity contribution in [2.75, 3.05) is 39.4 Å². The molecular weight excluding hydrogens is 204 g/mol. The minimum Gasteiger partial charge on any atom is -0.389 e. The summed E-state index contributed by atoms with van der Waals surface area (Å²) in [6.07, 6.45) is 2.99. The zero-order chi connectivity index (χ0) is 11.6. The van der Waals surface area contributed by atoms with Crippen molar-refractivity contribution >= 4 is 0 Å². The number of hydrogen-bond donors (Lipinski definition) is 2. The molecule has 0 amide bonds. The van der Waals surface area contributed by atoms with Crippen molar-refractivity contribution in [3.8, 4) is 0 Å². The molecule has 0 aliphatic carbocycles. The van der Waals surface area contributed by atoms with E-state index >= 15 is 0 Å². The summed E-state index contributed by atoms with van der Waals surface area (Å²) in [5, 5.41) is 9.95. The molecule has 16 heavy (non-hydrogen) atoms. The van der Waals surface area contributed by atoms with E-state index in [1.165, 1.54) is 0 Å². The first-order valence-electron chi connectivity index (χ1n) is 6.28. The van der Waals surface area contributed by atoms with Gasteiger partial charge >= 0.3 is 0 Å². The molecule has 4 heteroatoms. The minimum absolute atomic E-state index is 0.221. The lowest BCUT2D eigenvalue weighted by Crippen LogP contribution is -2.46. The van der Waals surface area contributed by atoms with Gasteiger partial charge in [0.15, 0.2) is 0 Å². The number of nitrogens with two attached hydrogens (primary N) is 1. The van der Waals surface area contributed by atoms with E-state index in [9.17, 15) is 5.11 Å². The summed E-state index contributed by atoms with van der Waals surface area (Å²) in [5.41, 5.74) is 5.66. The average Bonchev–Trinajstić information content (AvgIpc) is 2.59. The van der Waals surface area contributed by atoms with Gasteiger partial charge in [0.05, 0.1) is 5.60 Å².